The predicted molar refractivity (Wildman–Crippen MR) is 82.7 cm³/mol. The van der Waals surface area contributed by atoms with Gasteiger partial charge in [0, 0.05) is 30.0 Å². The molecule has 1 aliphatic heterocycles. The van der Waals surface area contributed by atoms with Gasteiger partial charge < -0.3 is 10.4 Å². The molecular formula is C14H17NO4S2. The van der Waals surface area contributed by atoms with Crippen LogP contribution in [0.25, 0.3) is 0 Å². The first kappa shape index (κ1) is 15.9. The van der Waals surface area contributed by atoms with Gasteiger partial charge in [0.15, 0.2) is 0 Å². The number of aryl methyl sites for hydroxylation is 1. The van der Waals surface area contributed by atoms with Gasteiger partial charge in [0.1, 0.15) is 0 Å². The third kappa shape index (κ3) is 4.50. The van der Waals surface area contributed by atoms with Crippen LogP contribution in [0.1, 0.15) is 18.4 Å². The monoisotopic (exact) mass is 327 g/mol. The second-order valence-corrected chi connectivity index (χ2v) is 9.05. The van der Waals surface area contributed by atoms with E-state index in [1.165, 1.54) is 0 Å². The Morgan fingerprint density at radius 1 is 1.38 bits per heavy atom. The van der Waals surface area contributed by atoms with Gasteiger partial charge in [-0.05, 0) is 36.3 Å². The molecule has 2 rings (SSSR count). The first-order valence-corrected chi connectivity index (χ1v) is 9.42. The van der Waals surface area contributed by atoms with Gasteiger partial charge in [-0.1, -0.05) is 17.7 Å². The molecule has 1 aromatic carbocycles. The summed E-state index contributed by atoms with van der Waals surface area (Å²) in [6.07, 6.45) is 2.21. The maximum absolute atomic E-state index is 12.3. The highest BCUT2D eigenvalue weighted by atomic mass is 33.1. The number of nitrogens with one attached hydrogen (secondary N) is 1. The second kappa shape index (κ2) is 6.53. The quantitative estimate of drug-likeness (QED) is 0.651. The van der Waals surface area contributed by atoms with Gasteiger partial charge in [0.2, 0.25) is 8.87 Å². The zero-order chi connectivity index (χ0) is 15.5. The molecule has 5 nitrogen and oxygen atoms in total. The van der Waals surface area contributed by atoms with Gasteiger partial charge in [-0.3, -0.25) is 0 Å². The Balaban J connectivity index is 2.09. The van der Waals surface area contributed by atoms with E-state index in [1.54, 1.807) is 24.3 Å². The minimum absolute atomic E-state index is 0.136. The van der Waals surface area contributed by atoms with Crippen LogP contribution in [0.15, 0.2) is 40.9 Å². The summed E-state index contributed by atoms with van der Waals surface area (Å²) >= 11 is 0. The minimum Gasteiger partial charge on any atom is -0.478 e. The first-order valence-electron chi connectivity index (χ1n) is 6.54. The smallest absolute Gasteiger partial charge is 0.330 e. The van der Waals surface area contributed by atoms with Crippen LogP contribution in [0.2, 0.25) is 0 Å². The van der Waals surface area contributed by atoms with Crippen LogP contribution in [0.3, 0.4) is 0 Å². The molecule has 1 unspecified atom stereocenters. The lowest BCUT2D eigenvalue weighted by Gasteiger charge is -2.24. The van der Waals surface area contributed by atoms with Gasteiger partial charge in [-0.25, -0.2) is 13.2 Å². The molecule has 0 radical (unpaired) electrons. The summed E-state index contributed by atoms with van der Waals surface area (Å²) in [5, 5.41) is 11.6. The topological polar surface area (TPSA) is 83.5 Å². The van der Waals surface area contributed by atoms with Crippen LogP contribution in [-0.2, 0) is 13.7 Å². The molecule has 7 heteroatoms. The van der Waals surface area contributed by atoms with E-state index in [4.69, 9.17) is 5.11 Å². The highest BCUT2D eigenvalue weighted by molar-refractivity contribution is 8.72. The first-order chi connectivity index (χ1) is 9.87. The fraction of sp³-hybridized carbons (Fsp3) is 0.357. The van der Waals surface area contributed by atoms with E-state index >= 15 is 0 Å². The molecule has 1 heterocycles. The molecule has 1 fully saturated rings. The van der Waals surface area contributed by atoms with E-state index in [0.717, 1.165) is 22.4 Å². The fourth-order valence-electron chi connectivity index (χ4n) is 2.09. The summed E-state index contributed by atoms with van der Waals surface area (Å²) in [5.74, 6) is -1.02. The van der Waals surface area contributed by atoms with Crippen LogP contribution in [0.5, 0.6) is 0 Å². The molecule has 0 aromatic heterocycles. The van der Waals surface area contributed by atoms with Crippen LogP contribution in [0, 0.1) is 6.92 Å². The summed E-state index contributed by atoms with van der Waals surface area (Å²) < 4.78 is 24.7. The largest absolute Gasteiger partial charge is 0.478 e. The maximum atomic E-state index is 12.3. The van der Waals surface area contributed by atoms with E-state index in [1.807, 2.05) is 6.92 Å². The summed E-state index contributed by atoms with van der Waals surface area (Å²) in [6, 6.07) is 6.75. The van der Waals surface area contributed by atoms with Crippen LogP contribution in [0.4, 0.5) is 0 Å². The third-order valence-corrected chi connectivity index (χ3v) is 7.07. The Morgan fingerprint density at radius 2 is 2.05 bits per heavy atom. The van der Waals surface area contributed by atoms with Gasteiger partial charge in [0.05, 0.1) is 4.90 Å². The molecule has 0 saturated carbocycles. The number of aliphatic carboxylic acids is 1. The Morgan fingerprint density at radius 3 is 2.67 bits per heavy atom. The van der Waals surface area contributed by atoms with E-state index in [0.29, 0.717) is 30.0 Å². The summed E-state index contributed by atoms with van der Waals surface area (Å²) in [4.78, 5) is 11.0. The standard InChI is InChI=1S/C14H17NO4S2/c1-10-2-4-13(5-3-10)21(18,19)20-12-6-7-15-11(8-12)9-14(16)17/h2-5,9,12,15H,6-8H2,1H3,(H,16,17)/b11-9+. The third-order valence-electron chi connectivity index (χ3n) is 3.14. The summed E-state index contributed by atoms with van der Waals surface area (Å²) in [7, 11) is -2.50. The second-order valence-electron chi connectivity index (χ2n) is 4.91. The van der Waals surface area contributed by atoms with Crippen molar-refractivity contribution >= 4 is 25.6 Å². The normalized spacial score (nSPS) is 21.0. The number of benzene rings is 1. The summed E-state index contributed by atoms with van der Waals surface area (Å²) in [5.41, 5.74) is 1.58. The lowest BCUT2D eigenvalue weighted by Crippen LogP contribution is -2.29. The lowest BCUT2D eigenvalue weighted by molar-refractivity contribution is -0.131. The summed E-state index contributed by atoms with van der Waals surface area (Å²) in [6.45, 7) is 2.49. The van der Waals surface area contributed by atoms with Gasteiger partial charge in [-0.2, -0.15) is 0 Å². The average molecular weight is 327 g/mol. The molecule has 1 atom stereocenters. The zero-order valence-electron chi connectivity index (χ0n) is 11.6. The molecule has 1 aromatic rings. The molecule has 0 spiro atoms. The van der Waals surface area contributed by atoms with Gasteiger partial charge >= 0.3 is 5.97 Å². The van der Waals surface area contributed by atoms with Crippen molar-refractivity contribution in [2.45, 2.75) is 29.9 Å². The number of carboxylic acid groups (broad SMARTS) is 1. The number of carbonyl (C=O) groups is 1. The molecular weight excluding hydrogens is 310 g/mol. The molecule has 21 heavy (non-hydrogen) atoms. The number of hydrogen-bond acceptors (Lipinski definition) is 5. The van der Waals surface area contributed by atoms with Crippen LogP contribution >= 0.6 is 10.8 Å². The fourth-order valence-corrected chi connectivity index (χ4v) is 5.73. The van der Waals surface area contributed by atoms with Gasteiger partial charge in [0.25, 0.3) is 0 Å². The Kier molecular flexibility index (Phi) is 4.95. The highest BCUT2D eigenvalue weighted by Crippen LogP contribution is 2.33. The van der Waals surface area contributed by atoms with Crippen molar-refractivity contribution in [1.82, 2.24) is 5.32 Å². The maximum Gasteiger partial charge on any atom is 0.330 e. The van der Waals surface area contributed by atoms with Crippen molar-refractivity contribution in [3.8, 4) is 0 Å². The van der Waals surface area contributed by atoms with Crippen LogP contribution in [-0.4, -0.2) is 31.3 Å². The van der Waals surface area contributed by atoms with Crippen LogP contribution < -0.4 is 5.32 Å². The van der Waals surface area contributed by atoms with Crippen molar-refractivity contribution in [2.75, 3.05) is 6.54 Å². The van der Waals surface area contributed by atoms with E-state index in [2.05, 4.69) is 5.32 Å². The number of rotatable bonds is 4. The van der Waals surface area contributed by atoms with Crippen molar-refractivity contribution < 1.29 is 18.3 Å². The molecule has 1 saturated heterocycles. The Hall–Kier alpha value is -1.47. The molecule has 0 amide bonds. The molecule has 1 aliphatic rings. The van der Waals surface area contributed by atoms with E-state index < -0.39 is 14.8 Å². The van der Waals surface area contributed by atoms with Crippen molar-refractivity contribution in [3.63, 3.8) is 0 Å². The molecule has 0 bridgehead atoms. The lowest BCUT2D eigenvalue weighted by atomic mass is 10.1. The number of carboxylic acids is 1. The number of allylic oxidation sites excluding steroid dienone is 1. The zero-order valence-corrected chi connectivity index (χ0v) is 13.2. The number of piperidine rings is 1. The SMILES string of the molecule is Cc1ccc(S(=O)(=O)SC2CCN/C(=C/C(=O)O)C2)cc1. The minimum atomic E-state index is -3.41. The molecule has 0 aliphatic carbocycles. The molecule has 114 valence electrons. The van der Waals surface area contributed by atoms with Gasteiger partial charge in [-0.15, -0.1) is 0 Å². The molecule has 2 N–H and O–H groups in total. The Bertz CT molecular complexity index is 650. The van der Waals surface area contributed by atoms with Crippen molar-refractivity contribution in [1.29, 1.82) is 0 Å². The van der Waals surface area contributed by atoms with E-state index in [9.17, 15) is 13.2 Å². The van der Waals surface area contributed by atoms with E-state index in [-0.39, 0.29) is 5.25 Å². The van der Waals surface area contributed by atoms with Crippen molar-refractivity contribution in [3.05, 3.63) is 41.6 Å². The average Bonchev–Trinajstić information content (AvgIpc) is 2.38. The predicted octanol–water partition coefficient (Wildman–Crippen LogP) is 2.14. The Labute approximate surface area is 127 Å². The number of hydrogen-bond donors (Lipinski definition) is 2. The highest BCUT2D eigenvalue weighted by Gasteiger charge is 2.25. The van der Waals surface area contributed by atoms with Crippen molar-refractivity contribution in [2.24, 2.45) is 0 Å².